The zero-order valence-corrected chi connectivity index (χ0v) is 13.9. The molecule has 2 aliphatic rings. The highest BCUT2D eigenvalue weighted by molar-refractivity contribution is 6.30. The molecule has 0 aromatic heterocycles. The number of halogens is 1. The first-order valence-electron chi connectivity index (χ1n) is 8.18. The molecule has 5 heteroatoms. The molecular weight excluding hydrogens is 316 g/mol. The lowest BCUT2D eigenvalue weighted by atomic mass is 9.99. The number of hydrogen-bond acceptors (Lipinski definition) is 4. The Balaban J connectivity index is 1.45. The molecule has 2 fully saturated rings. The molecular formula is C18H23ClO4. The second kappa shape index (κ2) is 7.32. The third-order valence-corrected chi connectivity index (χ3v) is 4.88. The van der Waals surface area contributed by atoms with E-state index < -0.39 is 11.9 Å². The van der Waals surface area contributed by atoms with Crippen LogP contribution in [0.5, 0.6) is 0 Å². The lowest BCUT2D eigenvalue weighted by Gasteiger charge is -2.36. The molecule has 1 saturated carbocycles. The fraction of sp³-hybridized carbons (Fsp3) is 0.556. The maximum atomic E-state index is 10.2. The second-order valence-electron chi connectivity index (χ2n) is 6.36. The van der Waals surface area contributed by atoms with Gasteiger partial charge in [-0.3, -0.25) is 0 Å². The van der Waals surface area contributed by atoms with Crippen molar-refractivity contribution < 1.29 is 19.6 Å². The van der Waals surface area contributed by atoms with Crippen LogP contribution in [0, 0.1) is 0 Å². The van der Waals surface area contributed by atoms with Crippen LogP contribution in [-0.2, 0) is 14.5 Å². The molecule has 23 heavy (non-hydrogen) atoms. The van der Waals surface area contributed by atoms with Gasteiger partial charge in [-0.1, -0.05) is 30.3 Å². The number of hydrogen-bond donors (Lipinski definition) is 1. The summed E-state index contributed by atoms with van der Waals surface area (Å²) >= 11 is 5.86. The van der Waals surface area contributed by atoms with Gasteiger partial charge in [0.2, 0.25) is 5.79 Å². The normalized spacial score (nSPS) is 24.7. The highest BCUT2D eigenvalue weighted by Crippen LogP contribution is 2.38. The van der Waals surface area contributed by atoms with Crippen molar-refractivity contribution in [1.29, 1.82) is 0 Å². The number of ether oxygens (including phenoxy) is 1. The van der Waals surface area contributed by atoms with Crippen LogP contribution in [0.1, 0.15) is 50.2 Å². The monoisotopic (exact) mass is 338 g/mol. The molecule has 2 unspecified atom stereocenters. The van der Waals surface area contributed by atoms with Crippen LogP contribution in [0.2, 0.25) is 5.02 Å². The number of benzene rings is 1. The van der Waals surface area contributed by atoms with E-state index in [9.17, 15) is 5.11 Å². The molecule has 1 saturated heterocycles. The summed E-state index contributed by atoms with van der Waals surface area (Å²) in [6, 6.07) is 7.23. The van der Waals surface area contributed by atoms with Crippen molar-refractivity contribution in [3.05, 3.63) is 47.0 Å². The Morgan fingerprint density at radius 1 is 1.30 bits per heavy atom. The van der Waals surface area contributed by atoms with E-state index in [-0.39, 0.29) is 6.10 Å². The highest BCUT2D eigenvalue weighted by Gasteiger charge is 2.42. The van der Waals surface area contributed by atoms with Crippen LogP contribution in [0.15, 0.2) is 36.4 Å². The minimum Gasteiger partial charge on any atom is -0.388 e. The van der Waals surface area contributed by atoms with Gasteiger partial charge < -0.3 is 9.84 Å². The van der Waals surface area contributed by atoms with E-state index in [1.54, 1.807) is 12.1 Å². The van der Waals surface area contributed by atoms with Gasteiger partial charge in [-0.25, -0.2) is 9.78 Å². The molecule has 2 atom stereocenters. The SMILES string of the molecule is C=C(CCC(O)c1ccc(Cl)cc1)C1COC2(CCCC2)OO1. The van der Waals surface area contributed by atoms with Crippen molar-refractivity contribution in [2.75, 3.05) is 6.61 Å². The lowest BCUT2D eigenvalue weighted by Crippen LogP contribution is -2.43. The molecule has 0 bridgehead atoms. The van der Waals surface area contributed by atoms with Crippen LogP contribution in [0.25, 0.3) is 0 Å². The standard InChI is InChI=1S/C18H23ClO4/c1-13(4-9-16(20)14-5-7-15(19)8-6-14)17-12-21-18(23-22-17)10-2-3-11-18/h5-8,16-17,20H,1-4,9-12H2. The predicted octanol–water partition coefficient (Wildman–Crippen LogP) is 4.33. The van der Waals surface area contributed by atoms with Crippen LogP contribution in [0.4, 0.5) is 0 Å². The van der Waals surface area contributed by atoms with Crippen molar-refractivity contribution in [2.24, 2.45) is 0 Å². The zero-order valence-electron chi connectivity index (χ0n) is 13.2. The average Bonchev–Trinajstić information content (AvgIpc) is 3.02. The smallest absolute Gasteiger partial charge is 0.201 e. The fourth-order valence-electron chi connectivity index (χ4n) is 3.09. The van der Waals surface area contributed by atoms with Gasteiger partial charge in [0.05, 0.1) is 12.7 Å². The van der Waals surface area contributed by atoms with E-state index in [4.69, 9.17) is 26.1 Å². The molecule has 1 N–H and O–H groups in total. The Labute approximate surface area is 141 Å². The minimum atomic E-state index is -0.546. The summed E-state index contributed by atoms with van der Waals surface area (Å²) in [6.07, 6.45) is 4.42. The summed E-state index contributed by atoms with van der Waals surface area (Å²) in [6.45, 7) is 4.52. The molecule has 0 radical (unpaired) electrons. The van der Waals surface area contributed by atoms with Gasteiger partial charge in [0, 0.05) is 17.9 Å². The van der Waals surface area contributed by atoms with Crippen LogP contribution < -0.4 is 0 Å². The van der Waals surface area contributed by atoms with Crippen LogP contribution in [-0.4, -0.2) is 23.6 Å². The van der Waals surface area contributed by atoms with Crippen molar-refractivity contribution in [3.8, 4) is 0 Å². The highest BCUT2D eigenvalue weighted by atomic mass is 35.5. The average molecular weight is 339 g/mol. The van der Waals surface area contributed by atoms with Gasteiger partial charge >= 0.3 is 0 Å². The Kier molecular flexibility index (Phi) is 5.39. The van der Waals surface area contributed by atoms with Gasteiger partial charge in [0.25, 0.3) is 0 Å². The summed E-state index contributed by atoms with van der Waals surface area (Å²) in [5.74, 6) is -0.528. The number of aliphatic hydroxyl groups is 1. The van der Waals surface area contributed by atoms with E-state index >= 15 is 0 Å². The molecule has 1 aliphatic heterocycles. The van der Waals surface area contributed by atoms with Gasteiger partial charge in [0.1, 0.15) is 6.10 Å². The van der Waals surface area contributed by atoms with Crippen molar-refractivity contribution in [2.45, 2.75) is 56.5 Å². The first-order valence-corrected chi connectivity index (χ1v) is 8.55. The lowest BCUT2D eigenvalue weighted by molar-refractivity contribution is -0.479. The molecule has 126 valence electrons. The molecule has 1 aromatic carbocycles. The molecule has 1 aromatic rings. The van der Waals surface area contributed by atoms with Gasteiger partial charge in [-0.15, -0.1) is 0 Å². The molecule has 1 aliphatic carbocycles. The van der Waals surface area contributed by atoms with Crippen LogP contribution in [0.3, 0.4) is 0 Å². The predicted molar refractivity (Wildman–Crippen MR) is 87.9 cm³/mol. The quantitative estimate of drug-likeness (QED) is 0.641. The minimum absolute atomic E-state index is 0.265. The summed E-state index contributed by atoms with van der Waals surface area (Å²) in [7, 11) is 0. The first-order chi connectivity index (χ1) is 11.1. The van der Waals surface area contributed by atoms with E-state index in [0.717, 1.165) is 36.8 Å². The first kappa shape index (κ1) is 16.9. The van der Waals surface area contributed by atoms with Crippen molar-refractivity contribution >= 4 is 11.6 Å². The van der Waals surface area contributed by atoms with Crippen molar-refractivity contribution in [1.82, 2.24) is 0 Å². The van der Waals surface area contributed by atoms with Gasteiger partial charge in [-0.05, 0) is 49.0 Å². The topological polar surface area (TPSA) is 47.9 Å². The maximum absolute atomic E-state index is 10.2. The van der Waals surface area contributed by atoms with Gasteiger partial charge in [0.15, 0.2) is 0 Å². The third-order valence-electron chi connectivity index (χ3n) is 4.63. The fourth-order valence-corrected chi connectivity index (χ4v) is 3.21. The largest absolute Gasteiger partial charge is 0.388 e. The van der Waals surface area contributed by atoms with E-state index in [1.165, 1.54) is 0 Å². The molecule has 1 spiro atoms. The number of aliphatic hydroxyl groups excluding tert-OH is 1. The Bertz CT molecular complexity index is 526. The van der Waals surface area contributed by atoms with E-state index in [2.05, 4.69) is 6.58 Å². The molecule has 3 rings (SSSR count). The Morgan fingerprint density at radius 2 is 2.00 bits per heavy atom. The Morgan fingerprint density at radius 3 is 2.61 bits per heavy atom. The molecule has 4 nitrogen and oxygen atoms in total. The summed E-state index contributed by atoms with van der Waals surface area (Å²) in [5.41, 5.74) is 1.73. The zero-order chi connectivity index (χ0) is 16.3. The van der Waals surface area contributed by atoms with Gasteiger partial charge in [-0.2, -0.15) is 0 Å². The Hall–Kier alpha value is -0.910. The maximum Gasteiger partial charge on any atom is 0.201 e. The molecule has 0 amide bonds. The van der Waals surface area contributed by atoms with E-state index in [0.29, 0.717) is 24.5 Å². The number of rotatable bonds is 5. The summed E-state index contributed by atoms with van der Waals surface area (Å²) in [4.78, 5) is 11.0. The summed E-state index contributed by atoms with van der Waals surface area (Å²) < 4.78 is 5.88. The van der Waals surface area contributed by atoms with Crippen LogP contribution >= 0.6 is 11.6 Å². The molecule has 1 heterocycles. The van der Waals surface area contributed by atoms with Crippen molar-refractivity contribution in [3.63, 3.8) is 0 Å². The second-order valence-corrected chi connectivity index (χ2v) is 6.80. The van der Waals surface area contributed by atoms with E-state index in [1.807, 2.05) is 12.1 Å². The third kappa shape index (κ3) is 4.14. The summed E-state index contributed by atoms with van der Waals surface area (Å²) in [5, 5.41) is 10.9.